The number of nitrogens with zero attached hydrogens (tertiary/aromatic N) is 3. The van der Waals surface area contributed by atoms with Crippen LogP contribution in [0.2, 0.25) is 0 Å². The molecule has 0 unspecified atom stereocenters. The quantitative estimate of drug-likeness (QED) is 0.667. The molecule has 2 heterocycles. The molecule has 0 spiro atoms. The zero-order chi connectivity index (χ0) is 20.1. The third-order valence-electron chi connectivity index (χ3n) is 5.16. The summed E-state index contributed by atoms with van der Waals surface area (Å²) in [5.74, 6) is 0.721. The van der Waals surface area contributed by atoms with Crippen molar-refractivity contribution < 1.29 is 9.53 Å². The summed E-state index contributed by atoms with van der Waals surface area (Å²) in [5, 5.41) is 0. The van der Waals surface area contributed by atoms with Crippen molar-refractivity contribution in [3.05, 3.63) is 84.1 Å². The minimum atomic E-state index is -0.0215. The molecule has 5 nitrogen and oxygen atoms in total. The van der Waals surface area contributed by atoms with E-state index >= 15 is 0 Å². The average Bonchev–Trinajstić information content (AvgIpc) is 2.80. The summed E-state index contributed by atoms with van der Waals surface area (Å²) in [6.07, 6.45) is 1.74. The first-order valence-corrected chi connectivity index (χ1v) is 9.90. The lowest BCUT2D eigenvalue weighted by molar-refractivity contribution is 0.0784. The van der Waals surface area contributed by atoms with Gasteiger partial charge in [-0.15, -0.1) is 0 Å². The maximum absolute atomic E-state index is 13.1. The van der Waals surface area contributed by atoms with Gasteiger partial charge in [-0.05, 0) is 28.8 Å². The number of amides is 1. The van der Waals surface area contributed by atoms with Crippen LogP contribution in [0.3, 0.4) is 0 Å². The number of ether oxygens (including phenoxy) is 1. The summed E-state index contributed by atoms with van der Waals surface area (Å²) in [4.78, 5) is 21.5. The monoisotopic (exact) mass is 387 g/mol. The summed E-state index contributed by atoms with van der Waals surface area (Å²) >= 11 is 0. The van der Waals surface area contributed by atoms with E-state index in [1.807, 2.05) is 37.4 Å². The third kappa shape index (κ3) is 4.46. The second kappa shape index (κ2) is 8.88. The molecule has 0 bridgehead atoms. The number of morpholine rings is 1. The van der Waals surface area contributed by atoms with E-state index in [-0.39, 0.29) is 5.91 Å². The van der Waals surface area contributed by atoms with Gasteiger partial charge in [0.1, 0.15) is 5.82 Å². The predicted octanol–water partition coefficient (Wildman–Crippen LogP) is 3.86. The fourth-order valence-electron chi connectivity index (χ4n) is 3.58. The third-order valence-corrected chi connectivity index (χ3v) is 5.16. The molecule has 5 heteroatoms. The van der Waals surface area contributed by atoms with E-state index in [2.05, 4.69) is 46.3 Å². The van der Waals surface area contributed by atoms with Crippen LogP contribution in [0, 0.1) is 0 Å². The van der Waals surface area contributed by atoms with Crippen LogP contribution < -0.4 is 4.90 Å². The van der Waals surface area contributed by atoms with Crippen LogP contribution >= 0.6 is 0 Å². The fourth-order valence-corrected chi connectivity index (χ4v) is 3.58. The largest absolute Gasteiger partial charge is 0.378 e. The van der Waals surface area contributed by atoms with Crippen molar-refractivity contribution in [3.8, 4) is 11.1 Å². The van der Waals surface area contributed by atoms with E-state index in [1.54, 1.807) is 11.1 Å². The van der Waals surface area contributed by atoms with Gasteiger partial charge in [0.25, 0.3) is 5.91 Å². The highest BCUT2D eigenvalue weighted by atomic mass is 16.5. The van der Waals surface area contributed by atoms with E-state index < -0.39 is 0 Å². The zero-order valence-corrected chi connectivity index (χ0v) is 16.6. The van der Waals surface area contributed by atoms with E-state index in [9.17, 15) is 4.79 Å². The lowest BCUT2D eigenvalue weighted by Crippen LogP contribution is -2.38. The van der Waals surface area contributed by atoms with Crippen molar-refractivity contribution in [2.45, 2.75) is 6.54 Å². The van der Waals surface area contributed by atoms with Gasteiger partial charge in [0, 0.05) is 32.9 Å². The van der Waals surface area contributed by atoms with Gasteiger partial charge >= 0.3 is 0 Å². The number of benzene rings is 2. The Hall–Kier alpha value is -3.18. The Morgan fingerprint density at radius 2 is 1.66 bits per heavy atom. The van der Waals surface area contributed by atoms with Crippen LogP contribution in [-0.4, -0.2) is 49.1 Å². The van der Waals surface area contributed by atoms with Crippen molar-refractivity contribution in [3.63, 3.8) is 0 Å². The normalized spacial score (nSPS) is 13.9. The summed E-state index contributed by atoms with van der Waals surface area (Å²) in [6.45, 7) is 3.37. The first-order valence-electron chi connectivity index (χ1n) is 9.90. The average molecular weight is 387 g/mol. The summed E-state index contributed by atoms with van der Waals surface area (Å²) in [6, 6.07) is 22.3. The number of anilines is 1. The topological polar surface area (TPSA) is 45.7 Å². The molecular weight excluding hydrogens is 362 g/mol. The minimum absolute atomic E-state index is 0.0215. The molecule has 0 atom stereocenters. The Labute approximate surface area is 171 Å². The summed E-state index contributed by atoms with van der Waals surface area (Å²) in [5.41, 5.74) is 4.09. The molecular formula is C24H25N3O2. The van der Waals surface area contributed by atoms with Crippen LogP contribution in [0.25, 0.3) is 11.1 Å². The van der Waals surface area contributed by atoms with E-state index in [1.165, 1.54) is 11.1 Å². The van der Waals surface area contributed by atoms with Crippen molar-refractivity contribution in [2.24, 2.45) is 0 Å². The van der Waals surface area contributed by atoms with Crippen molar-refractivity contribution in [1.82, 2.24) is 9.88 Å². The van der Waals surface area contributed by atoms with Crippen LogP contribution in [-0.2, 0) is 11.3 Å². The van der Waals surface area contributed by atoms with Crippen molar-refractivity contribution in [1.29, 1.82) is 0 Å². The zero-order valence-electron chi connectivity index (χ0n) is 16.6. The number of carbonyl (C=O) groups is 1. The maximum Gasteiger partial charge on any atom is 0.257 e. The van der Waals surface area contributed by atoms with Gasteiger partial charge < -0.3 is 14.5 Å². The summed E-state index contributed by atoms with van der Waals surface area (Å²) in [7, 11) is 1.84. The van der Waals surface area contributed by atoms with Gasteiger partial charge in [0.2, 0.25) is 0 Å². The van der Waals surface area contributed by atoms with Crippen LogP contribution in [0.5, 0.6) is 0 Å². The number of pyridine rings is 1. The van der Waals surface area contributed by atoms with Crippen LogP contribution in [0.1, 0.15) is 15.9 Å². The smallest absolute Gasteiger partial charge is 0.257 e. The highest BCUT2D eigenvalue weighted by Crippen LogP contribution is 2.22. The molecule has 1 amide bonds. The number of hydrogen-bond donors (Lipinski definition) is 0. The van der Waals surface area contributed by atoms with E-state index in [0.717, 1.165) is 24.5 Å². The van der Waals surface area contributed by atoms with Crippen molar-refractivity contribution in [2.75, 3.05) is 38.3 Å². The Morgan fingerprint density at radius 3 is 2.38 bits per heavy atom. The second-order valence-electron chi connectivity index (χ2n) is 7.20. The molecule has 29 heavy (non-hydrogen) atoms. The van der Waals surface area contributed by atoms with Gasteiger partial charge in [0.15, 0.2) is 0 Å². The molecule has 1 fully saturated rings. The maximum atomic E-state index is 13.1. The molecule has 0 aliphatic carbocycles. The molecule has 4 rings (SSSR count). The molecule has 0 N–H and O–H groups in total. The predicted molar refractivity (Wildman–Crippen MR) is 115 cm³/mol. The van der Waals surface area contributed by atoms with Crippen LogP contribution in [0.4, 0.5) is 5.82 Å². The van der Waals surface area contributed by atoms with Crippen LogP contribution in [0.15, 0.2) is 72.9 Å². The lowest BCUT2D eigenvalue weighted by atomic mass is 10.0. The first-order chi connectivity index (χ1) is 14.2. The Bertz CT molecular complexity index is 951. The summed E-state index contributed by atoms with van der Waals surface area (Å²) < 4.78 is 5.42. The number of rotatable bonds is 5. The molecule has 148 valence electrons. The number of carbonyl (C=O) groups excluding carboxylic acids is 1. The molecule has 1 aromatic heterocycles. The number of hydrogen-bond acceptors (Lipinski definition) is 4. The van der Waals surface area contributed by atoms with Gasteiger partial charge in [0.05, 0.1) is 18.8 Å². The molecule has 3 aromatic rings. The van der Waals surface area contributed by atoms with Gasteiger partial charge in [-0.3, -0.25) is 4.79 Å². The SMILES string of the molecule is CN(Cc1ccc(-c2ccccc2)cc1)C(=O)c1cccnc1N1CCOCC1. The molecule has 0 saturated carbocycles. The molecule has 1 aliphatic heterocycles. The molecule has 1 saturated heterocycles. The standard InChI is InChI=1S/C24H25N3O2/c1-26(18-19-9-11-21(12-10-19)20-6-3-2-4-7-20)24(28)22-8-5-13-25-23(22)27-14-16-29-17-15-27/h2-13H,14-18H2,1H3. The molecule has 0 radical (unpaired) electrons. The number of aromatic nitrogens is 1. The Balaban J connectivity index is 1.48. The lowest BCUT2D eigenvalue weighted by Gasteiger charge is -2.30. The minimum Gasteiger partial charge on any atom is -0.378 e. The van der Waals surface area contributed by atoms with E-state index in [0.29, 0.717) is 25.3 Å². The van der Waals surface area contributed by atoms with Crippen molar-refractivity contribution >= 4 is 11.7 Å². The van der Waals surface area contributed by atoms with Gasteiger partial charge in [-0.2, -0.15) is 0 Å². The fraction of sp³-hybridized carbons (Fsp3) is 0.250. The highest BCUT2D eigenvalue weighted by molar-refractivity contribution is 5.98. The van der Waals surface area contributed by atoms with Gasteiger partial charge in [-0.1, -0.05) is 54.6 Å². The first kappa shape index (κ1) is 19.2. The van der Waals surface area contributed by atoms with E-state index in [4.69, 9.17) is 4.74 Å². The molecule has 2 aromatic carbocycles. The highest BCUT2D eigenvalue weighted by Gasteiger charge is 2.22. The molecule has 1 aliphatic rings. The second-order valence-corrected chi connectivity index (χ2v) is 7.20. The Kier molecular flexibility index (Phi) is 5.86. The van der Waals surface area contributed by atoms with Gasteiger partial charge in [-0.25, -0.2) is 4.98 Å². The Morgan fingerprint density at radius 1 is 0.966 bits per heavy atom.